The van der Waals surface area contributed by atoms with Crippen molar-refractivity contribution in [3.63, 3.8) is 0 Å². The molecule has 146 valence electrons. The molecule has 0 aliphatic heterocycles. The number of benzene rings is 1. The minimum absolute atomic E-state index is 0.326. The standard InChI is InChI=1S/C22H24IN3O2/c1-21(2,3)28-20(27)25-22(12-6-13-22)16-10-8-15(9-11-16)18-19(23)26-14-5-4-7-17(26)24-18/h4-5,7-11,14H,6,12-13H2,1-3H3,(H,25,27). The number of alkyl carbamates (subject to hydrolysis) is 1. The summed E-state index contributed by atoms with van der Waals surface area (Å²) in [5.74, 6) is 0. The van der Waals surface area contributed by atoms with Crippen LogP contribution < -0.4 is 5.32 Å². The number of pyridine rings is 1. The van der Waals surface area contributed by atoms with Crippen LogP contribution in [0.2, 0.25) is 0 Å². The lowest BCUT2D eigenvalue weighted by Gasteiger charge is -2.43. The fraction of sp³-hybridized carbons (Fsp3) is 0.364. The van der Waals surface area contributed by atoms with Crippen LogP contribution in [-0.4, -0.2) is 21.1 Å². The number of amides is 1. The van der Waals surface area contributed by atoms with Gasteiger partial charge in [-0.05, 0) is 80.3 Å². The van der Waals surface area contributed by atoms with E-state index in [0.717, 1.165) is 45.4 Å². The summed E-state index contributed by atoms with van der Waals surface area (Å²) in [4.78, 5) is 17.1. The van der Waals surface area contributed by atoms with Gasteiger partial charge < -0.3 is 10.1 Å². The van der Waals surface area contributed by atoms with Crippen molar-refractivity contribution in [3.8, 4) is 11.3 Å². The summed E-state index contributed by atoms with van der Waals surface area (Å²) < 4.78 is 8.64. The minimum Gasteiger partial charge on any atom is -0.444 e. The number of carbonyl (C=O) groups is 1. The zero-order valence-electron chi connectivity index (χ0n) is 16.3. The molecule has 0 atom stereocenters. The summed E-state index contributed by atoms with van der Waals surface area (Å²) in [7, 11) is 0. The monoisotopic (exact) mass is 489 g/mol. The van der Waals surface area contributed by atoms with Gasteiger partial charge in [-0.1, -0.05) is 30.3 Å². The molecule has 1 fully saturated rings. The molecule has 1 aromatic carbocycles. The molecule has 5 nitrogen and oxygen atoms in total. The van der Waals surface area contributed by atoms with Gasteiger partial charge in [-0.2, -0.15) is 0 Å². The molecule has 1 aliphatic carbocycles. The van der Waals surface area contributed by atoms with Gasteiger partial charge in [0.05, 0.1) is 5.54 Å². The van der Waals surface area contributed by atoms with Crippen molar-refractivity contribution < 1.29 is 9.53 Å². The lowest BCUT2D eigenvalue weighted by atomic mass is 9.72. The van der Waals surface area contributed by atoms with E-state index in [-0.39, 0.29) is 11.6 Å². The SMILES string of the molecule is CC(C)(C)OC(=O)NC1(c2ccc(-c3nc4ccccn4c3I)cc2)CCC1. The normalized spacial score (nSPS) is 15.9. The predicted molar refractivity (Wildman–Crippen MR) is 118 cm³/mol. The Morgan fingerprint density at radius 1 is 1.18 bits per heavy atom. The van der Waals surface area contributed by atoms with Gasteiger partial charge >= 0.3 is 6.09 Å². The summed E-state index contributed by atoms with van der Waals surface area (Å²) in [5, 5.41) is 3.11. The Morgan fingerprint density at radius 3 is 2.46 bits per heavy atom. The molecule has 0 saturated heterocycles. The molecular formula is C22H24IN3O2. The third kappa shape index (κ3) is 3.62. The van der Waals surface area contributed by atoms with Gasteiger partial charge in [0.15, 0.2) is 0 Å². The molecule has 1 aliphatic rings. The molecule has 0 unspecified atom stereocenters. The van der Waals surface area contributed by atoms with E-state index in [1.54, 1.807) is 0 Å². The molecule has 1 amide bonds. The lowest BCUT2D eigenvalue weighted by Crippen LogP contribution is -2.52. The maximum absolute atomic E-state index is 12.3. The molecule has 0 spiro atoms. The number of fused-ring (bicyclic) bond motifs is 1. The first-order valence-corrected chi connectivity index (χ1v) is 10.6. The van der Waals surface area contributed by atoms with E-state index < -0.39 is 5.60 Å². The third-order valence-corrected chi connectivity index (χ3v) is 6.16. The highest BCUT2D eigenvalue weighted by Gasteiger charge is 2.41. The van der Waals surface area contributed by atoms with E-state index in [4.69, 9.17) is 9.72 Å². The van der Waals surface area contributed by atoms with Crippen molar-refractivity contribution in [3.05, 3.63) is 57.9 Å². The van der Waals surface area contributed by atoms with Gasteiger partial charge in [0.1, 0.15) is 20.6 Å². The molecule has 28 heavy (non-hydrogen) atoms. The summed E-state index contributed by atoms with van der Waals surface area (Å²) in [6.07, 6.45) is 4.62. The van der Waals surface area contributed by atoms with Crippen molar-refractivity contribution in [2.75, 3.05) is 0 Å². The largest absolute Gasteiger partial charge is 0.444 e. The Hall–Kier alpha value is -2.09. The Labute approximate surface area is 178 Å². The number of rotatable bonds is 3. The second kappa shape index (κ2) is 7.06. The summed E-state index contributed by atoms with van der Waals surface area (Å²) in [6.45, 7) is 5.64. The van der Waals surface area contributed by atoms with Crippen molar-refractivity contribution in [2.45, 2.75) is 51.2 Å². The number of imidazole rings is 1. The van der Waals surface area contributed by atoms with Crippen LogP contribution in [0, 0.1) is 3.70 Å². The Kier molecular flexibility index (Phi) is 4.85. The van der Waals surface area contributed by atoms with Gasteiger partial charge in [0.2, 0.25) is 0 Å². The minimum atomic E-state index is -0.501. The number of halogens is 1. The van der Waals surface area contributed by atoms with Crippen molar-refractivity contribution >= 4 is 34.3 Å². The summed E-state index contributed by atoms with van der Waals surface area (Å²) in [6, 6.07) is 14.4. The van der Waals surface area contributed by atoms with Crippen LogP contribution in [0.5, 0.6) is 0 Å². The smallest absolute Gasteiger partial charge is 0.408 e. The molecule has 1 N–H and O–H groups in total. The molecule has 0 bridgehead atoms. The molecule has 4 rings (SSSR count). The number of hydrogen-bond acceptors (Lipinski definition) is 3. The molecule has 2 heterocycles. The highest BCUT2D eigenvalue weighted by atomic mass is 127. The van der Waals surface area contributed by atoms with E-state index in [2.05, 4.69) is 56.6 Å². The van der Waals surface area contributed by atoms with Crippen molar-refractivity contribution in [1.82, 2.24) is 14.7 Å². The maximum atomic E-state index is 12.3. The number of nitrogens with zero attached hydrogens (tertiary/aromatic N) is 2. The highest BCUT2D eigenvalue weighted by Crippen LogP contribution is 2.42. The average Bonchev–Trinajstić information content (AvgIpc) is 2.94. The van der Waals surface area contributed by atoms with Crippen molar-refractivity contribution in [1.29, 1.82) is 0 Å². The number of aromatic nitrogens is 2. The molecule has 3 aromatic rings. The third-order valence-electron chi connectivity index (χ3n) is 5.13. The number of nitrogens with one attached hydrogen (secondary N) is 1. The van der Waals surface area contributed by atoms with E-state index in [1.165, 1.54) is 0 Å². The number of carbonyl (C=O) groups excluding carboxylic acids is 1. The fourth-order valence-electron chi connectivity index (χ4n) is 3.61. The first-order chi connectivity index (χ1) is 13.3. The number of ether oxygens (including phenoxy) is 1. The molecule has 0 radical (unpaired) electrons. The van der Waals surface area contributed by atoms with E-state index in [1.807, 2.05) is 45.2 Å². The van der Waals surface area contributed by atoms with Gasteiger partial charge in [-0.15, -0.1) is 0 Å². The predicted octanol–water partition coefficient (Wildman–Crippen LogP) is 5.51. The van der Waals surface area contributed by atoms with E-state index in [9.17, 15) is 4.79 Å². The van der Waals surface area contributed by atoms with Crippen LogP contribution in [0.4, 0.5) is 4.79 Å². The van der Waals surface area contributed by atoms with Crippen molar-refractivity contribution in [2.24, 2.45) is 0 Å². The Balaban J connectivity index is 1.59. The Bertz CT molecular complexity index is 1010. The maximum Gasteiger partial charge on any atom is 0.408 e. The highest BCUT2D eigenvalue weighted by molar-refractivity contribution is 14.1. The van der Waals surface area contributed by atoms with Crippen LogP contribution in [0.3, 0.4) is 0 Å². The van der Waals surface area contributed by atoms with Crippen LogP contribution in [0.1, 0.15) is 45.6 Å². The average molecular weight is 489 g/mol. The quantitative estimate of drug-likeness (QED) is 0.494. The topological polar surface area (TPSA) is 55.6 Å². The summed E-state index contributed by atoms with van der Waals surface area (Å²) >= 11 is 2.34. The molecular weight excluding hydrogens is 465 g/mol. The van der Waals surface area contributed by atoms with Gasteiger partial charge in [0.25, 0.3) is 0 Å². The van der Waals surface area contributed by atoms with E-state index >= 15 is 0 Å². The molecule has 1 saturated carbocycles. The summed E-state index contributed by atoms with van der Waals surface area (Å²) in [5.41, 5.74) is 3.27. The Morgan fingerprint density at radius 2 is 1.89 bits per heavy atom. The zero-order valence-corrected chi connectivity index (χ0v) is 18.5. The zero-order chi connectivity index (χ0) is 19.9. The molecule has 6 heteroatoms. The van der Waals surface area contributed by atoms with Gasteiger partial charge in [0, 0.05) is 11.8 Å². The van der Waals surface area contributed by atoms with Crippen LogP contribution in [-0.2, 0) is 10.3 Å². The second-order valence-corrected chi connectivity index (χ2v) is 9.34. The van der Waals surface area contributed by atoms with Crippen LogP contribution in [0.25, 0.3) is 16.9 Å². The first kappa shape index (κ1) is 19.2. The van der Waals surface area contributed by atoms with Crippen LogP contribution >= 0.6 is 22.6 Å². The van der Waals surface area contributed by atoms with Gasteiger partial charge in [-0.25, -0.2) is 9.78 Å². The lowest BCUT2D eigenvalue weighted by molar-refractivity contribution is 0.0377. The van der Waals surface area contributed by atoms with Gasteiger partial charge in [-0.3, -0.25) is 4.40 Å². The fourth-order valence-corrected chi connectivity index (χ4v) is 4.45. The molecule has 2 aromatic heterocycles. The van der Waals surface area contributed by atoms with E-state index in [0.29, 0.717) is 0 Å². The second-order valence-electron chi connectivity index (χ2n) is 8.32. The van der Waals surface area contributed by atoms with Crippen LogP contribution in [0.15, 0.2) is 48.7 Å². The first-order valence-electron chi connectivity index (χ1n) is 9.52. The number of hydrogen-bond donors (Lipinski definition) is 1.